The van der Waals surface area contributed by atoms with Gasteiger partial charge in [0.25, 0.3) is 0 Å². The van der Waals surface area contributed by atoms with Crippen molar-refractivity contribution in [1.29, 1.82) is 0 Å². The summed E-state index contributed by atoms with van der Waals surface area (Å²) in [6.07, 6.45) is 3.65. The first-order chi connectivity index (χ1) is 7.20. The minimum Gasteiger partial charge on any atom is -0.487 e. The lowest BCUT2D eigenvalue weighted by Crippen LogP contribution is -2.15. The van der Waals surface area contributed by atoms with E-state index in [1.807, 2.05) is 6.92 Å². The lowest BCUT2D eigenvalue weighted by Gasteiger charge is -2.05. The van der Waals surface area contributed by atoms with Gasteiger partial charge in [0.1, 0.15) is 5.76 Å². The van der Waals surface area contributed by atoms with E-state index in [1.165, 1.54) is 0 Å². The Morgan fingerprint density at radius 2 is 2.07 bits per heavy atom. The molecule has 0 saturated carbocycles. The van der Waals surface area contributed by atoms with Crippen LogP contribution in [0.4, 0.5) is 0 Å². The van der Waals surface area contributed by atoms with Crippen LogP contribution < -0.4 is 0 Å². The van der Waals surface area contributed by atoms with Crippen molar-refractivity contribution in [3.63, 3.8) is 0 Å². The smallest absolute Gasteiger partial charge is 0.240 e. The molecule has 3 heteroatoms. The van der Waals surface area contributed by atoms with E-state index in [0.717, 1.165) is 25.7 Å². The molecular weight excluding hydrogens is 192 g/mol. The molecule has 1 heterocycles. The Hall–Kier alpha value is -0.990. The maximum absolute atomic E-state index is 11.6. The molecule has 1 rings (SSSR count). The van der Waals surface area contributed by atoms with Gasteiger partial charge < -0.3 is 9.47 Å². The second-order valence-electron chi connectivity index (χ2n) is 3.79. The van der Waals surface area contributed by atoms with E-state index in [4.69, 9.17) is 9.47 Å². The van der Waals surface area contributed by atoms with Crippen LogP contribution in [0.15, 0.2) is 11.5 Å². The van der Waals surface area contributed by atoms with E-state index in [1.54, 1.807) is 6.92 Å². The first kappa shape index (κ1) is 12.1. The highest BCUT2D eigenvalue weighted by atomic mass is 16.5. The lowest BCUT2D eigenvalue weighted by molar-refractivity contribution is -0.123. The number of carbonyl (C=O) groups excluding carboxylic acids is 1. The summed E-state index contributed by atoms with van der Waals surface area (Å²) in [7, 11) is 0. The summed E-state index contributed by atoms with van der Waals surface area (Å²) in [5, 5.41) is 0. The molecule has 0 N–H and O–H groups in total. The van der Waals surface area contributed by atoms with Crippen molar-refractivity contribution in [2.24, 2.45) is 0 Å². The van der Waals surface area contributed by atoms with Crippen LogP contribution >= 0.6 is 0 Å². The zero-order chi connectivity index (χ0) is 11.3. The van der Waals surface area contributed by atoms with Crippen LogP contribution in [0.25, 0.3) is 0 Å². The minimum atomic E-state index is -0.360. The largest absolute Gasteiger partial charge is 0.487 e. The standard InChI is InChI=1S/C12H20O3/c1-4-6-7-8-14-12-10(5-2)15-9(3)11(12)13/h9H,4-8H2,1-3H3. The zero-order valence-electron chi connectivity index (χ0n) is 9.84. The Bertz CT molecular complexity index is 256. The average molecular weight is 212 g/mol. The van der Waals surface area contributed by atoms with Gasteiger partial charge in [0.05, 0.1) is 6.61 Å². The number of Topliss-reactive ketones (excluding diaryl/α,β-unsaturated/α-hetero) is 1. The van der Waals surface area contributed by atoms with Crippen molar-refractivity contribution >= 4 is 5.78 Å². The number of ketones is 1. The van der Waals surface area contributed by atoms with Crippen molar-refractivity contribution in [3.8, 4) is 0 Å². The molecule has 1 atom stereocenters. The molecule has 0 aromatic heterocycles. The third kappa shape index (κ3) is 2.98. The molecule has 0 aromatic carbocycles. The highest BCUT2D eigenvalue weighted by molar-refractivity contribution is 5.99. The van der Waals surface area contributed by atoms with Crippen LogP contribution in [0.5, 0.6) is 0 Å². The van der Waals surface area contributed by atoms with Gasteiger partial charge in [0.2, 0.25) is 11.5 Å². The summed E-state index contributed by atoms with van der Waals surface area (Å²) in [5.41, 5.74) is 0. The Labute approximate surface area is 91.4 Å². The normalized spacial score (nSPS) is 20.7. The molecule has 0 aliphatic carbocycles. The van der Waals surface area contributed by atoms with Crippen molar-refractivity contribution in [2.75, 3.05) is 6.61 Å². The second-order valence-corrected chi connectivity index (χ2v) is 3.79. The Morgan fingerprint density at radius 1 is 1.33 bits per heavy atom. The summed E-state index contributed by atoms with van der Waals surface area (Å²) in [6.45, 7) is 6.49. The minimum absolute atomic E-state index is 0.0108. The number of hydrogen-bond donors (Lipinski definition) is 0. The van der Waals surface area contributed by atoms with E-state index in [9.17, 15) is 4.79 Å². The summed E-state index contributed by atoms with van der Waals surface area (Å²) in [4.78, 5) is 11.6. The van der Waals surface area contributed by atoms with Gasteiger partial charge in [-0.3, -0.25) is 4.79 Å². The molecule has 0 bridgehead atoms. The summed E-state index contributed by atoms with van der Waals surface area (Å²) < 4.78 is 10.9. The van der Waals surface area contributed by atoms with Crippen molar-refractivity contribution in [3.05, 3.63) is 11.5 Å². The molecule has 1 aliphatic heterocycles. The molecule has 0 fully saturated rings. The van der Waals surface area contributed by atoms with Crippen LogP contribution in [0.1, 0.15) is 46.5 Å². The fourth-order valence-corrected chi connectivity index (χ4v) is 1.56. The van der Waals surface area contributed by atoms with Gasteiger partial charge in [-0.25, -0.2) is 0 Å². The molecule has 0 spiro atoms. The van der Waals surface area contributed by atoms with Crippen molar-refractivity contribution < 1.29 is 14.3 Å². The maximum Gasteiger partial charge on any atom is 0.240 e. The maximum atomic E-state index is 11.6. The summed E-state index contributed by atoms with van der Waals surface area (Å²) in [6, 6.07) is 0. The van der Waals surface area contributed by atoms with E-state index in [2.05, 4.69) is 6.92 Å². The molecule has 86 valence electrons. The molecule has 3 nitrogen and oxygen atoms in total. The van der Waals surface area contributed by atoms with Gasteiger partial charge in [-0.1, -0.05) is 26.7 Å². The molecule has 0 radical (unpaired) electrons. The lowest BCUT2D eigenvalue weighted by atomic mass is 10.2. The number of ether oxygens (including phenoxy) is 2. The Morgan fingerprint density at radius 3 is 2.67 bits per heavy atom. The van der Waals surface area contributed by atoms with E-state index >= 15 is 0 Å². The number of carbonyl (C=O) groups is 1. The number of rotatable bonds is 6. The average Bonchev–Trinajstić information content (AvgIpc) is 2.51. The van der Waals surface area contributed by atoms with Crippen molar-refractivity contribution in [2.45, 2.75) is 52.6 Å². The second kappa shape index (κ2) is 5.79. The van der Waals surface area contributed by atoms with E-state index in [-0.39, 0.29) is 11.9 Å². The molecule has 15 heavy (non-hydrogen) atoms. The van der Waals surface area contributed by atoms with Gasteiger partial charge in [-0.05, 0) is 13.3 Å². The van der Waals surface area contributed by atoms with Gasteiger partial charge in [-0.2, -0.15) is 0 Å². The number of hydrogen-bond acceptors (Lipinski definition) is 3. The number of allylic oxidation sites excluding steroid dienone is 1. The van der Waals surface area contributed by atoms with E-state index in [0.29, 0.717) is 18.1 Å². The van der Waals surface area contributed by atoms with E-state index < -0.39 is 0 Å². The molecule has 0 aromatic rings. The van der Waals surface area contributed by atoms with Crippen LogP contribution in [0.3, 0.4) is 0 Å². The monoisotopic (exact) mass is 212 g/mol. The van der Waals surface area contributed by atoms with Gasteiger partial charge >= 0.3 is 0 Å². The molecule has 0 saturated heterocycles. The Kier molecular flexibility index (Phi) is 4.66. The Balaban J connectivity index is 2.46. The first-order valence-corrected chi connectivity index (χ1v) is 5.77. The van der Waals surface area contributed by atoms with Crippen LogP contribution in [0, 0.1) is 0 Å². The fourth-order valence-electron chi connectivity index (χ4n) is 1.56. The molecule has 1 aliphatic rings. The van der Waals surface area contributed by atoms with Crippen molar-refractivity contribution in [1.82, 2.24) is 0 Å². The summed E-state index contributed by atoms with van der Waals surface area (Å²) >= 11 is 0. The topological polar surface area (TPSA) is 35.5 Å². The zero-order valence-corrected chi connectivity index (χ0v) is 9.84. The predicted molar refractivity (Wildman–Crippen MR) is 58.3 cm³/mol. The molecular formula is C12H20O3. The highest BCUT2D eigenvalue weighted by Crippen LogP contribution is 2.24. The van der Waals surface area contributed by atoms with Crippen LogP contribution in [-0.4, -0.2) is 18.5 Å². The fraction of sp³-hybridized carbons (Fsp3) is 0.750. The molecule has 0 amide bonds. The van der Waals surface area contributed by atoms with Gasteiger partial charge in [0, 0.05) is 6.42 Å². The van der Waals surface area contributed by atoms with Gasteiger partial charge in [-0.15, -0.1) is 0 Å². The summed E-state index contributed by atoms with van der Waals surface area (Å²) in [5.74, 6) is 1.16. The molecule has 1 unspecified atom stereocenters. The quantitative estimate of drug-likeness (QED) is 0.635. The third-order valence-corrected chi connectivity index (χ3v) is 2.48. The van der Waals surface area contributed by atoms with Crippen LogP contribution in [0.2, 0.25) is 0 Å². The predicted octanol–water partition coefficient (Wildman–Crippen LogP) is 2.80. The van der Waals surface area contributed by atoms with Gasteiger partial charge in [0.15, 0.2) is 6.10 Å². The third-order valence-electron chi connectivity index (χ3n) is 2.48. The highest BCUT2D eigenvalue weighted by Gasteiger charge is 2.32. The first-order valence-electron chi connectivity index (χ1n) is 5.77. The van der Waals surface area contributed by atoms with Crippen LogP contribution in [-0.2, 0) is 14.3 Å². The SMILES string of the molecule is CCCCCOC1=C(CC)OC(C)C1=O. The number of unbranched alkanes of at least 4 members (excludes halogenated alkanes) is 2.